The van der Waals surface area contributed by atoms with E-state index >= 15 is 0 Å². The first kappa shape index (κ1) is 20.0. The van der Waals surface area contributed by atoms with Gasteiger partial charge < -0.3 is 15.5 Å². The van der Waals surface area contributed by atoms with Gasteiger partial charge >= 0.3 is 0 Å². The van der Waals surface area contributed by atoms with Gasteiger partial charge in [-0.25, -0.2) is 0 Å². The van der Waals surface area contributed by atoms with E-state index in [9.17, 15) is 14.4 Å². The van der Waals surface area contributed by atoms with Crippen LogP contribution in [-0.4, -0.2) is 48.3 Å². The molecule has 2 fully saturated rings. The number of rotatable bonds is 6. The summed E-state index contributed by atoms with van der Waals surface area (Å²) in [4.78, 5) is 37.9. The van der Waals surface area contributed by atoms with Crippen molar-refractivity contribution < 1.29 is 14.4 Å². The van der Waals surface area contributed by atoms with Gasteiger partial charge in [-0.15, -0.1) is 0 Å². The van der Waals surface area contributed by atoms with Crippen molar-refractivity contribution in [3.63, 3.8) is 0 Å². The van der Waals surface area contributed by atoms with Crippen molar-refractivity contribution in [1.29, 1.82) is 0 Å². The highest BCUT2D eigenvalue weighted by Gasteiger charge is 2.38. The van der Waals surface area contributed by atoms with Crippen molar-refractivity contribution in [2.24, 2.45) is 5.92 Å². The minimum Gasteiger partial charge on any atom is -0.322 e. The van der Waals surface area contributed by atoms with E-state index in [1.807, 2.05) is 12.1 Å². The van der Waals surface area contributed by atoms with Crippen LogP contribution in [0.3, 0.4) is 0 Å². The summed E-state index contributed by atoms with van der Waals surface area (Å²) in [5.41, 5.74) is 2.79. The second kappa shape index (κ2) is 9.05. The van der Waals surface area contributed by atoms with E-state index in [4.69, 9.17) is 0 Å². The largest absolute Gasteiger partial charge is 0.322 e. The summed E-state index contributed by atoms with van der Waals surface area (Å²) in [6, 6.07) is 5.38. The standard InChI is InChI=1S/C22H30N4O3/c27-20-6-5-19(21(28)25-20)26-14-17-12-16(3-4-18(17)22(26)29)13-24-11-8-15-2-1-9-23-10-7-15/h3-4,12,15,19,23-24H,1-2,5-11,13-14H2,(H,25,27,28). The Kier molecular flexibility index (Phi) is 6.25. The molecule has 0 spiro atoms. The number of nitrogens with zero attached hydrogens (tertiary/aromatic N) is 1. The lowest BCUT2D eigenvalue weighted by Crippen LogP contribution is -2.52. The monoisotopic (exact) mass is 398 g/mol. The molecule has 1 aromatic carbocycles. The molecule has 0 bridgehead atoms. The number of imide groups is 1. The summed E-state index contributed by atoms with van der Waals surface area (Å²) >= 11 is 0. The number of carbonyl (C=O) groups excluding carboxylic acids is 3. The number of hydrogen-bond donors (Lipinski definition) is 3. The summed E-state index contributed by atoms with van der Waals surface area (Å²) in [7, 11) is 0. The fourth-order valence-corrected chi connectivity index (χ4v) is 4.66. The fourth-order valence-electron chi connectivity index (χ4n) is 4.66. The molecule has 1 aromatic rings. The predicted molar refractivity (Wildman–Crippen MR) is 109 cm³/mol. The molecule has 2 atom stereocenters. The topological polar surface area (TPSA) is 90.5 Å². The van der Waals surface area contributed by atoms with Crippen LogP contribution in [0.15, 0.2) is 18.2 Å². The summed E-state index contributed by atoms with van der Waals surface area (Å²) in [6.07, 6.45) is 5.73. The number of hydrogen-bond acceptors (Lipinski definition) is 5. The van der Waals surface area contributed by atoms with E-state index in [0.717, 1.165) is 43.2 Å². The van der Waals surface area contributed by atoms with Crippen LogP contribution in [-0.2, 0) is 22.7 Å². The van der Waals surface area contributed by atoms with Gasteiger partial charge in [0.2, 0.25) is 11.8 Å². The Bertz CT molecular complexity index is 786. The van der Waals surface area contributed by atoms with E-state index in [1.54, 1.807) is 4.90 Å². The van der Waals surface area contributed by atoms with Crippen LogP contribution in [0.25, 0.3) is 0 Å². The van der Waals surface area contributed by atoms with E-state index in [-0.39, 0.29) is 24.1 Å². The summed E-state index contributed by atoms with van der Waals surface area (Å²) in [5, 5.41) is 9.34. The fraction of sp³-hybridized carbons (Fsp3) is 0.591. The van der Waals surface area contributed by atoms with Crippen molar-refractivity contribution in [1.82, 2.24) is 20.9 Å². The Hall–Kier alpha value is -2.25. The number of benzene rings is 1. The van der Waals surface area contributed by atoms with Crippen LogP contribution in [0.4, 0.5) is 0 Å². The number of nitrogens with one attached hydrogen (secondary N) is 3. The predicted octanol–water partition coefficient (Wildman–Crippen LogP) is 1.32. The Labute approximate surface area is 171 Å². The molecule has 2 saturated heterocycles. The molecule has 4 rings (SSSR count). The molecule has 7 heteroatoms. The molecule has 0 aliphatic carbocycles. The van der Waals surface area contributed by atoms with Gasteiger partial charge in [0.15, 0.2) is 0 Å². The molecular formula is C22H30N4O3. The van der Waals surface area contributed by atoms with Crippen LogP contribution in [0.1, 0.15) is 60.0 Å². The molecule has 156 valence electrons. The quantitative estimate of drug-likeness (QED) is 0.497. The molecule has 3 heterocycles. The molecule has 3 amide bonds. The zero-order valence-electron chi connectivity index (χ0n) is 16.8. The second-order valence-corrected chi connectivity index (χ2v) is 8.40. The highest BCUT2D eigenvalue weighted by molar-refractivity contribution is 6.05. The first-order valence-electron chi connectivity index (χ1n) is 10.8. The van der Waals surface area contributed by atoms with Gasteiger partial charge in [-0.3, -0.25) is 19.7 Å². The Morgan fingerprint density at radius 1 is 1.10 bits per heavy atom. The zero-order valence-corrected chi connectivity index (χ0v) is 16.8. The SMILES string of the molecule is O=C1CCC(N2Cc3cc(CNCCC4CCCNCC4)ccc3C2=O)C(=O)N1. The molecule has 3 N–H and O–H groups in total. The van der Waals surface area contributed by atoms with Crippen LogP contribution < -0.4 is 16.0 Å². The van der Waals surface area contributed by atoms with Crippen molar-refractivity contribution in [2.45, 2.75) is 57.7 Å². The maximum Gasteiger partial charge on any atom is 0.255 e. The van der Waals surface area contributed by atoms with E-state index < -0.39 is 6.04 Å². The Morgan fingerprint density at radius 3 is 2.86 bits per heavy atom. The van der Waals surface area contributed by atoms with Gasteiger partial charge in [-0.05, 0) is 74.8 Å². The summed E-state index contributed by atoms with van der Waals surface area (Å²) < 4.78 is 0. The van der Waals surface area contributed by atoms with Gasteiger partial charge in [0.25, 0.3) is 5.91 Å². The van der Waals surface area contributed by atoms with Crippen molar-refractivity contribution >= 4 is 17.7 Å². The lowest BCUT2D eigenvalue weighted by Gasteiger charge is -2.29. The maximum absolute atomic E-state index is 12.7. The lowest BCUT2D eigenvalue weighted by molar-refractivity contribution is -0.136. The molecule has 0 saturated carbocycles. The Morgan fingerprint density at radius 2 is 2.00 bits per heavy atom. The molecule has 0 aromatic heterocycles. The minimum absolute atomic E-state index is 0.115. The van der Waals surface area contributed by atoms with Crippen molar-refractivity contribution in [3.8, 4) is 0 Å². The van der Waals surface area contributed by atoms with Gasteiger partial charge in [0.1, 0.15) is 6.04 Å². The first-order valence-corrected chi connectivity index (χ1v) is 10.8. The average Bonchev–Trinajstić information content (AvgIpc) is 2.87. The zero-order chi connectivity index (χ0) is 20.2. The molecule has 29 heavy (non-hydrogen) atoms. The summed E-state index contributed by atoms with van der Waals surface area (Å²) in [5.74, 6) is 0.0649. The van der Waals surface area contributed by atoms with Gasteiger partial charge in [-0.2, -0.15) is 0 Å². The number of fused-ring (bicyclic) bond motifs is 1. The van der Waals surface area contributed by atoms with E-state index in [2.05, 4.69) is 22.0 Å². The highest BCUT2D eigenvalue weighted by atomic mass is 16.2. The van der Waals surface area contributed by atoms with Crippen molar-refractivity contribution in [3.05, 3.63) is 34.9 Å². The number of amides is 3. The third-order valence-corrected chi connectivity index (χ3v) is 6.34. The molecular weight excluding hydrogens is 368 g/mol. The van der Waals surface area contributed by atoms with Gasteiger partial charge in [0, 0.05) is 25.1 Å². The lowest BCUT2D eigenvalue weighted by atomic mass is 9.97. The first-order chi connectivity index (χ1) is 14.1. The van der Waals surface area contributed by atoms with Gasteiger partial charge in [-0.1, -0.05) is 12.1 Å². The molecule has 0 radical (unpaired) electrons. The summed E-state index contributed by atoms with van der Waals surface area (Å²) in [6.45, 7) is 4.50. The molecule has 2 unspecified atom stereocenters. The van der Waals surface area contributed by atoms with Crippen LogP contribution >= 0.6 is 0 Å². The molecule has 7 nitrogen and oxygen atoms in total. The number of carbonyl (C=O) groups is 3. The average molecular weight is 399 g/mol. The highest BCUT2D eigenvalue weighted by Crippen LogP contribution is 2.28. The Balaban J connectivity index is 1.30. The van der Waals surface area contributed by atoms with Crippen molar-refractivity contribution in [2.75, 3.05) is 19.6 Å². The third kappa shape index (κ3) is 4.67. The van der Waals surface area contributed by atoms with E-state index in [1.165, 1.54) is 25.7 Å². The number of piperidine rings is 1. The second-order valence-electron chi connectivity index (χ2n) is 8.40. The third-order valence-electron chi connectivity index (χ3n) is 6.34. The maximum atomic E-state index is 12.7. The van der Waals surface area contributed by atoms with Crippen LogP contribution in [0.5, 0.6) is 0 Å². The minimum atomic E-state index is -0.553. The molecule has 3 aliphatic rings. The van der Waals surface area contributed by atoms with Crippen LogP contribution in [0, 0.1) is 5.92 Å². The van der Waals surface area contributed by atoms with Crippen LogP contribution in [0.2, 0.25) is 0 Å². The van der Waals surface area contributed by atoms with E-state index in [0.29, 0.717) is 18.5 Å². The van der Waals surface area contributed by atoms with Gasteiger partial charge in [0.05, 0.1) is 0 Å². The normalized spacial score (nSPS) is 25.0. The molecule has 3 aliphatic heterocycles. The smallest absolute Gasteiger partial charge is 0.255 e.